The lowest BCUT2D eigenvalue weighted by molar-refractivity contribution is 0.143. The molecule has 3 heteroatoms. The van der Waals surface area contributed by atoms with Crippen molar-refractivity contribution in [2.45, 2.75) is 19.4 Å². The van der Waals surface area contributed by atoms with Crippen LogP contribution in [0.4, 0.5) is 4.39 Å². The molecule has 1 aromatic carbocycles. The van der Waals surface area contributed by atoms with E-state index >= 15 is 0 Å². The molecule has 1 saturated carbocycles. The lowest BCUT2D eigenvalue weighted by atomic mass is 10.0. The Morgan fingerprint density at radius 2 is 2.20 bits per heavy atom. The van der Waals surface area contributed by atoms with Crippen molar-refractivity contribution in [1.29, 1.82) is 0 Å². The molecule has 0 aliphatic heterocycles. The Kier molecular flexibility index (Phi) is 2.65. The van der Waals surface area contributed by atoms with Crippen molar-refractivity contribution in [3.05, 3.63) is 29.6 Å². The van der Waals surface area contributed by atoms with Gasteiger partial charge in [0, 0.05) is 11.6 Å². The Morgan fingerprint density at radius 1 is 1.53 bits per heavy atom. The zero-order valence-corrected chi connectivity index (χ0v) is 8.90. The second-order valence-electron chi connectivity index (χ2n) is 4.21. The highest BCUT2D eigenvalue weighted by Gasteiger charge is 2.40. The first kappa shape index (κ1) is 10.4. The van der Waals surface area contributed by atoms with Gasteiger partial charge in [0.05, 0.1) is 13.2 Å². The summed E-state index contributed by atoms with van der Waals surface area (Å²) in [6, 6.07) is 4.59. The number of methoxy groups -OCH3 is 1. The standard InChI is InChI=1S/C12H15FO2/c1-7-5-10(7)12(14)9-4-3-8(15-2)6-11(9)13/h3-4,6-7,10,12,14H,5H2,1-2H3. The summed E-state index contributed by atoms with van der Waals surface area (Å²) in [5.74, 6) is 0.808. The van der Waals surface area contributed by atoms with Gasteiger partial charge in [0.15, 0.2) is 0 Å². The van der Waals surface area contributed by atoms with E-state index in [1.54, 1.807) is 12.1 Å². The normalized spacial score (nSPS) is 26.1. The van der Waals surface area contributed by atoms with Gasteiger partial charge >= 0.3 is 0 Å². The SMILES string of the molecule is COc1ccc(C(O)C2CC2C)c(F)c1. The summed E-state index contributed by atoms with van der Waals surface area (Å²) in [5, 5.41) is 9.89. The highest BCUT2D eigenvalue weighted by atomic mass is 19.1. The molecule has 3 atom stereocenters. The van der Waals surface area contributed by atoms with E-state index in [1.165, 1.54) is 13.2 Å². The predicted molar refractivity (Wildman–Crippen MR) is 55.2 cm³/mol. The summed E-state index contributed by atoms with van der Waals surface area (Å²) in [6.07, 6.45) is 0.304. The summed E-state index contributed by atoms with van der Waals surface area (Å²) in [4.78, 5) is 0. The molecule has 2 rings (SSSR count). The Morgan fingerprint density at radius 3 is 2.67 bits per heavy atom. The lowest BCUT2D eigenvalue weighted by Crippen LogP contribution is -2.04. The molecule has 1 aliphatic rings. The van der Waals surface area contributed by atoms with Crippen molar-refractivity contribution in [3.8, 4) is 5.75 Å². The van der Waals surface area contributed by atoms with Crippen molar-refractivity contribution in [2.24, 2.45) is 11.8 Å². The van der Waals surface area contributed by atoms with E-state index in [0.717, 1.165) is 6.42 Å². The molecule has 0 aromatic heterocycles. The molecule has 0 bridgehead atoms. The van der Waals surface area contributed by atoms with Crippen LogP contribution in [0.25, 0.3) is 0 Å². The molecule has 0 radical (unpaired) electrons. The molecule has 3 unspecified atom stereocenters. The summed E-state index contributed by atoms with van der Waals surface area (Å²) < 4.78 is 18.5. The molecule has 1 aliphatic carbocycles. The van der Waals surface area contributed by atoms with Gasteiger partial charge in [0.25, 0.3) is 0 Å². The van der Waals surface area contributed by atoms with Gasteiger partial charge < -0.3 is 9.84 Å². The van der Waals surface area contributed by atoms with E-state index in [2.05, 4.69) is 6.92 Å². The number of rotatable bonds is 3. The van der Waals surface area contributed by atoms with E-state index in [0.29, 0.717) is 17.2 Å². The molecule has 82 valence electrons. The van der Waals surface area contributed by atoms with Crippen molar-refractivity contribution in [1.82, 2.24) is 0 Å². The minimum absolute atomic E-state index is 0.216. The fourth-order valence-corrected chi connectivity index (χ4v) is 1.90. The number of hydrogen-bond acceptors (Lipinski definition) is 2. The number of aliphatic hydroxyl groups excluding tert-OH is 1. The molecule has 2 nitrogen and oxygen atoms in total. The molecule has 0 spiro atoms. The first-order valence-corrected chi connectivity index (χ1v) is 5.15. The molecule has 0 saturated heterocycles. The Labute approximate surface area is 88.7 Å². The zero-order valence-electron chi connectivity index (χ0n) is 8.90. The van der Waals surface area contributed by atoms with Crippen LogP contribution in [-0.2, 0) is 0 Å². The van der Waals surface area contributed by atoms with Crippen LogP contribution in [-0.4, -0.2) is 12.2 Å². The number of ether oxygens (including phenoxy) is 1. The number of hydrogen-bond donors (Lipinski definition) is 1. The predicted octanol–water partition coefficient (Wildman–Crippen LogP) is 2.52. The molecule has 1 aromatic rings. The van der Waals surface area contributed by atoms with Crippen LogP contribution in [0.2, 0.25) is 0 Å². The van der Waals surface area contributed by atoms with Crippen molar-refractivity contribution < 1.29 is 14.2 Å². The van der Waals surface area contributed by atoms with Gasteiger partial charge in [-0.25, -0.2) is 4.39 Å². The monoisotopic (exact) mass is 210 g/mol. The van der Waals surface area contributed by atoms with Crippen LogP contribution in [0.5, 0.6) is 5.75 Å². The minimum atomic E-state index is -0.675. The lowest BCUT2D eigenvalue weighted by Gasteiger charge is -2.12. The third kappa shape index (κ3) is 1.97. The van der Waals surface area contributed by atoms with Crippen LogP contribution < -0.4 is 4.74 Å². The highest BCUT2D eigenvalue weighted by molar-refractivity contribution is 5.31. The second kappa shape index (κ2) is 3.81. The smallest absolute Gasteiger partial charge is 0.132 e. The third-order valence-corrected chi connectivity index (χ3v) is 3.10. The van der Waals surface area contributed by atoms with Gasteiger partial charge in [-0.15, -0.1) is 0 Å². The summed E-state index contributed by atoms with van der Waals surface area (Å²) >= 11 is 0. The number of benzene rings is 1. The minimum Gasteiger partial charge on any atom is -0.497 e. The molecular weight excluding hydrogens is 195 g/mol. The highest BCUT2D eigenvalue weighted by Crippen LogP contribution is 2.47. The van der Waals surface area contributed by atoms with E-state index in [4.69, 9.17) is 4.74 Å². The van der Waals surface area contributed by atoms with Crippen molar-refractivity contribution in [3.63, 3.8) is 0 Å². The van der Waals surface area contributed by atoms with E-state index < -0.39 is 6.10 Å². The topological polar surface area (TPSA) is 29.5 Å². The molecule has 0 amide bonds. The molecular formula is C12H15FO2. The fourth-order valence-electron chi connectivity index (χ4n) is 1.90. The van der Waals surface area contributed by atoms with Crippen LogP contribution in [0.15, 0.2) is 18.2 Å². The fraction of sp³-hybridized carbons (Fsp3) is 0.500. The summed E-state index contributed by atoms with van der Waals surface area (Å²) in [5.41, 5.74) is 0.380. The summed E-state index contributed by atoms with van der Waals surface area (Å²) in [7, 11) is 1.49. The van der Waals surface area contributed by atoms with E-state index in [9.17, 15) is 9.50 Å². The van der Waals surface area contributed by atoms with Gasteiger partial charge in [-0.1, -0.05) is 6.92 Å². The first-order chi connectivity index (χ1) is 7.13. The van der Waals surface area contributed by atoms with Crippen LogP contribution in [0.1, 0.15) is 25.0 Å². The maximum atomic E-state index is 13.6. The third-order valence-electron chi connectivity index (χ3n) is 3.10. The van der Waals surface area contributed by atoms with Gasteiger partial charge in [-0.2, -0.15) is 0 Å². The molecule has 15 heavy (non-hydrogen) atoms. The first-order valence-electron chi connectivity index (χ1n) is 5.15. The maximum Gasteiger partial charge on any atom is 0.132 e. The van der Waals surface area contributed by atoms with Gasteiger partial charge in [-0.3, -0.25) is 0 Å². The number of halogens is 1. The van der Waals surface area contributed by atoms with Crippen molar-refractivity contribution in [2.75, 3.05) is 7.11 Å². The van der Waals surface area contributed by atoms with E-state index in [-0.39, 0.29) is 11.7 Å². The van der Waals surface area contributed by atoms with Crippen LogP contribution >= 0.6 is 0 Å². The Bertz CT molecular complexity index is 365. The van der Waals surface area contributed by atoms with Gasteiger partial charge in [-0.05, 0) is 30.4 Å². The molecule has 0 heterocycles. The average molecular weight is 210 g/mol. The second-order valence-corrected chi connectivity index (χ2v) is 4.21. The molecule has 1 N–H and O–H groups in total. The van der Waals surface area contributed by atoms with E-state index in [1.807, 2.05) is 0 Å². The zero-order chi connectivity index (χ0) is 11.0. The van der Waals surface area contributed by atoms with Crippen LogP contribution in [0, 0.1) is 17.7 Å². The Balaban J connectivity index is 2.21. The van der Waals surface area contributed by atoms with Crippen LogP contribution in [0.3, 0.4) is 0 Å². The quantitative estimate of drug-likeness (QED) is 0.830. The van der Waals surface area contributed by atoms with Gasteiger partial charge in [0.1, 0.15) is 11.6 Å². The van der Waals surface area contributed by atoms with Crippen molar-refractivity contribution >= 4 is 0 Å². The molecule has 1 fully saturated rings. The average Bonchev–Trinajstić information content (AvgIpc) is 2.94. The number of aliphatic hydroxyl groups is 1. The Hall–Kier alpha value is -1.09. The maximum absolute atomic E-state index is 13.6. The summed E-state index contributed by atoms with van der Waals surface area (Å²) in [6.45, 7) is 2.06. The largest absolute Gasteiger partial charge is 0.497 e. The van der Waals surface area contributed by atoms with Gasteiger partial charge in [0.2, 0.25) is 0 Å².